The summed E-state index contributed by atoms with van der Waals surface area (Å²) in [7, 11) is 0. The summed E-state index contributed by atoms with van der Waals surface area (Å²) in [4.78, 5) is 17.8. The minimum Gasteiger partial charge on any atom is -0.492 e. The number of guanidine groups is 1. The van der Waals surface area contributed by atoms with Gasteiger partial charge in [0, 0.05) is 25.7 Å². The lowest BCUT2D eigenvalue weighted by atomic mass is 9.87. The van der Waals surface area contributed by atoms with Crippen LogP contribution in [0.15, 0.2) is 29.3 Å². The number of amides is 1. The van der Waals surface area contributed by atoms with Gasteiger partial charge in [0.15, 0.2) is 5.96 Å². The summed E-state index contributed by atoms with van der Waals surface area (Å²) < 4.78 is 5.90. The van der Waals surface area contributed by atoms with Gasteiger partial charge >= 0.3 is 0 Å². The van der Waals surface area contributed by atoms with Crippen LogP contribution in [0.25, 0.3) is 0 Å². The van der Waals surface area contributed by atoms with Crippen molar-refractivity contribution in [3.05, 3.63) is 29.8 Å². The van der Waals surface area contributed by atoms with Gasteiger partial charge in [0.05, 0.1) is 13.1 Å². The lowest BCUT2D eigenvalue weighted by Gasteiger charge is -2.32. The van der Waals surface area contributed by atoms with Crippen molar-refractivity contribution in [2.75, 3.05) is 39.3 Å². The highest BCUT2D eigenvalue weighted by molar-refractivity contribution is 14.0. The van der Waals surface area contributed by atoms with Crippen LogP contribution in [-0.2, 0) is 10.2 Å². The highest BCUT2D eigenvalue weighted by atomic mass is 127. The molecule has 1 aliphatic heterocycles. The predicted molar refractivity (Wildman–Crippen MR) is 134 cm³/mol. The van der Waals surface area contributed by atoms with Gasteiger partial charge in [-0.25, -0.2) is 4.99 Å². The number of aliphatic imine (C=N–C) groups is 1. The molecule has 1 aliphatic rings. The summed E-state index contributed by atoms with van der Waals surface area (Å²) >= 11 is 0. The van der Waals surface area contributed by atoms with Gasteiger partial charge in [0.2, 0.25) is 5.91 Å². The molecule has 0 atom stereocenters. The summed E-state index contributed by atoms with van der Waals surface area (Å²) in [6.07, 6.45) is 1.93. The first-order chi connectivity index (χ1) is 13.8. The maximum absolute atomic E-state index is 11.1. The highest BCUT2D eigenvalue weighted by Gasteiger charge is 2.20. The molecule has 0 aliphatic carbocycles. The van der Waals surface area contributed by atoms with Gasteiger partial charge in [-0.15, -0.1) is 24.0 Å². The third kappa shape index (κ3) is 9.51. The highest BCUT2D eigenvalue weighted by Crippen LogP contribution is 2.25. The van der Waals surface area contributed by atoms with Crippen LogP contribution in [0, 0.1) is 0 Å². The molecule has 8 heteroatoms. The number of nitrogens with zero attached hydrogens (tertiary/aromatic N) is 2. The average molecular weight is 531 g/mol. The fourth-order valence-corrected chi connectivity index (χ4v) is 3.34. The number of carbonyl (C=O) groups is 1. The van der Waals surface area contributed by atoms with Crippen molar-refractivity contribution in [3.8, 4) is 5.75 Å². The molecule has 1 amide bonds. The number of benzene rings is 1. The summed E-state index contributed by atoms with van der Waals surface area (Å²) in [5.41, 5.74) is 6.64. The number of carbonyl (C=O) groups excluding carboxylic acids is 1. The molecule has 1 aromatic rings. The molecule has 7 nitrogen and oxygen atoms in total. The number of nitrogens with two attached hydrogens (primary N) is 1. The SMILES string of the molecule is CCNC(=NCCOc1cccc(C(C)(C)C)c1)NC1CCN(CC(N)=O)CC1.I. The average Bonchev–Trinajstić information content (AvgIpc) is 2.66. The topological polar surface area (TPSA) is 92.0 Å². The molecular formula is C22H38IN5O2. The quantitative estimate of drug-likeness (QED) is 0.208. The second-order valence-electron chi connectivity index (χ2n) is 8.55. The Morgan fingerprint density at radius 2 is 2.00 bits per heavy atom. The van der Waals surface area contributed by atoms with E-state index in [0.717, 1.165) is 44.2 Å². The molecule has 0 saturated carbocycles. The summed E-state index contributed by atoms with van der Waals surface area (Å²) in [5.74, 6) is 1.43. The van der Waals surface area contributed by atoms with Crippen molar-refractivity contribution in [1.29, 1.82) is 0 Å². The molecule has 30 heavy (non-hydrogen) atoms. The third-order valence-corrected chi connectivity index (χ3v) is 4.98. The first-order valence-electron chi connectivity index (χ1n) is 10.6. The van der Waals surface area contributed by atoms with Gasteiger partial charge in [-0.05, 0) is 42.9 Å². The van der Waals surface area contributed by atoms with E-state index < -0.39 is 0 Å². The van der Waals surface area contributed by atoms with Gasteiger partial charge in [0.1, 0.15) is 12.4 Å². The number of hydrogen-bond donors (Lipinski definition) is 3. The Morgan fingerprint density at radius 1 is 1.30 bits per heavy atom. The Labute approximate surface area is 198 Å². The minimum atomic E-state index is -0.264. The van der Waals surface area contributed by atoms with Crippen molar-refractivity contribution in [2.24, 2.45) is 10.7 Å². The monoisotopic (exact) mass is 531 g/mol. The zero-order valence-electron chi connectivity index (χ0n) is 18.7. The van der Waals surface area contributed by atoms with Gasteiger partial charge in [-0.1, -0.05) is 32.9 Å². The molecule has 0 spiro atoms. The van der Waals surface area contributed by atoms with Crippen LogP contribution in [0.5, 0.6) is 5.75 Å². The zero-order valence-corrected chi connectivity index (χ0v) is 21.1. The van der Waals surface area contributed by atoms with Crippen LogP contribution in [-0.4, -0.2) is 62.1 Å². The van der Waals surface area contributed by atoms with E-state index in [1.54, 1.807) is 0 Å². The molecule has 2 rings (SSSR count). The lowest BCUT2D eigenvalue weighted by Crippen LogP contribution is -2.49. The minimum absolute atomic E-state index is 0. The van der Waals surface area contributed by atoms with Crippen LogP contribution in [0.4, 0.5) is 0 Å². The summed E-state index contributed by atoms with van der Waals surface area (Å²) in [5, 5.41) is 6.80. The summed E-state index contributed by atoms with van der Waals surface area (Å²) in [6.45, 7) is 12.6. The zero-order chi connectivity index (χ0) is 21.3. The lowest BCUT2D eigenvalue weighted by molar-refractivity contribution is -0.119. The van der Waals surface area contributed by atoms with Crippen LogP contribution < -0.4 is 21.1 Å². The summed E-state index contributed by atoms with van der Waals surface area (Å²) in [6, 6.07) is 8.61. The molecule has 170 valence electrons. The van der Waals surface area contributed by atoms with Crippen LogP contribution in [0.2, 0.25) is 0 Å². The Morgan fingerprint density at radius 3 is 2.60 bits per heavy atom. The fourth-order valence-electron chi connectivity index (χ4n) is 3.34. The van der Waals surface area contributed by atoms with E-state index in [4.69, 9.17) is 10.5 Å². The molecule has 0 bridgehead atoms. The number of likely N-dealkylation sites (tertiary alicyclic amines) is 1. The van der Waals surface area contributed by atoms with Crippen molar-refractivity contribution >= 4 is 35.8 Å². The van der Waals surface area contributed by atoms with E-state index in [1.165, 1.54) is 5.56 Å². The van der Waals surface area contributed by atoms with Crippen molar-refractivity contribution in [2.45, 2.75) is 52.0 Å². The number of primary amides is 1. The molecule has 1 aromatic carbocycles. The fraction of sp³-hybridized carbons (Fsp3) is 0.636. The standard InChI is InChI=1S/C22H37N5O2.HI/c1-5-24-21(26-18-9-12-27(13-10-18)16-20(23)28)25-11-14-29-19-8-6-7-17(15-19)22(2,3)4;/h6-8,15,18H,5,9-14,16H2,1-4H3,(H2,23,28)(H2,24,25,26);1H. The molecule has 4 N–H and O–H groups in total. The Kier molecular flexibility index (Phi) is 11.5. The van der Waals surface area contributed by atoms with Gasteiger partial charge in [-0.3, -0.25) is 9.69 Å². The first-order valence-corrected chi connectivity index (χ1v) is 10.6. The van der Waals surface area contributed by atoms with Crippen LogP contribution in [0.1, 0.15) is 46.1 Å². The van der Waals surface area contributed by atoms with Gasteiger partial charge in [0.25, 0.3) is 0 Å². The predicted octanol–water partition coefficient (Wildman–Crippen LogP) is 2.49. The maximum Gasteiger partial charge on any atom is 0.231 e. The molecule has 0 aromatic heterocycles. The van der Waals surface area contributed by atoms with Crippen molar-refractivity contribution < 1.29 is 9.53 Å². The van der Waals surface area contributed by atoms with E-state index >= 15 is 0 Å². The van der Waals surface area contributed by atoms with Crippen molar-refractivity contribution in [3.63, 3.8) is 0 Å². The Bertz CT molecular complexity index is 682. The number of halogens is 1. The van der Waals surface area contributed by atoms with Gasteiger partial charge in [-0.2, -0.15) is 0 Å². The molecule has 1 saturated heterocycles. The Hall–Kier alpha value is -1.55. The van der Waals surface area contributed by atoms with E-state index in [9.17, 15) is 4.79 Å². The number of nitrogens with one attached hydrogen (secondary N) is 2. The van der Waals surface area contributed by atoms with Gasteiger partial charge < -0.3 is 21.1 Å². The maximum atomic E-state index is 11.1. The third-order valence-electron chi connectivity index (χ3n) is 4.98. The van der Waals surface area contributed by atoms with Crippen molar-refractivity contribution in [1.82, 2.24) is 15.5 Å². The molecule has 1 fully saturated rings. The van der Waals surface area contributed by atoms with E-state index in [2.05, 4.69) is 60.4 Å². The largest absolute Gasteiger partial charge is 0.492 e. The smallest absolute Gasteiger partial charge is 0.231 e. The van der Waals surface area contributed by atoms with Crippen LogP contribution >= 0.6 is 24.0 Å². The van der Waals surface area contributed by atoms with E-state index in [1.807, 2.05) is 12.1 Å². The second kappa shape index (κ2) is 13.0. The second-order valence-corrected chi connectivity index (χ2v) is 8.55. The number of ether oxygens (including phenoxy) is 1. The van der Waals surface area contributed by atoms with E-state index in [-0.39, 0.29) is 35.3 Å². The van der Waals surface area contributed by atoms with Crippen LogP contribution in [0.3, 0.4) is 0 Å². The molecule has 0 radical (unpaired) electrons. The molecular weight excluding hydrogens is 493 g/mol. The number of rotatable bonds is 8. The number of piperidine rings is 1. The van der Waals surface area contributed by atoms with E-state index in [0.29, 0.717) is 25.7 Å². The number of hydrogen-bond acceptors (Lipinski definition) is 4. The Balaban J connectivity index is 0.00000450. The molecule has 1 heterocycles. The normalized spacial score (nSPS) is 15.9. The molecule has 0 unspecified atom stereocenters. The first kappa shape index (κ1) is 26.5.